The van der Waals surface area contributed by atoms with Crippen molar-refractivity contribution < 1.29 is 4.39 Å². The minimum absolute atomic E-state index is 0.186. The molecule has 0 spiro atoms. The topological polar surface area (TPSA) is 12.0 Å². The summed E-state index contributed by atoms with van der Waals surface area (Å²) in [6.45, 7) is 7.71. The van der Waals surface area contributed by atoms with Crippen LogP contribution in [-0.4, -0.2) is 12.6 Å². The molecule has 3 heteroatoms. The maximum atomic E-state index is 13.0. The van der Waals surface area contributed by atoms with Gasteiger partial charge in [0, 0.05) is 10.5 Å². The smallest absolute Gasteiger partial charge is 0.124 e. The number of hydrogen-bond acceptors (Lipinski definition) is 1. The van der Waals surface area contributed by atoms with Crippen molar-refractivity contribution in [2.24, 2.45) is 5.92 Å². The van der Waals surface area contributed by atoms with Gasteiger partial charge in [-0.05, 0) is 49.4 Å². The van der Waals surface area contributed by atoms with Gasteiger partial charge in [0.05, 0.1) is 0 Å². The average Bonchev–Trinajstić information content (AvgIpc) is 2.34. The summed E-state index contributed by atoms with van der Waals surface area (Å²) >= 11 is 3.44. The molecule has 0 radical (unpaired) electrons. The van der Waals surface area contributed by atoms with E-state index in [9.17, 15) is 4.39 Å². The molecule has 2 atom stereocenters. The maximum Gasteiger partial charge on any atom is 0.124 e. The standard InChI is InChI=1S/C15H23BrFN/c1-4-8-18-15(5-2)11(3)9-12-6-7-13(17)10-14(12)16/h6-7,10-11,15,18H,4-5,8-9H2,1-3H3. The first-order valence-corrected chi connectivity index (χ1v) is 7.55. The lowest BCUT2D eigenvalue weighted by Crippen LogP contribution is -2.35. The van der Waals surface area contributed by atoms with Crippen LogP contribution in [0.25, 0.3) is 0 Å². The van der Waals surface area contributed by atoms with Crippen molar-refractivity contribution in [3.8, 4) is 0 Å². The predicted octanol–water partition coefficient (Wildman–Crippen LogP) is 4.55. The van der Waals surface area contributed by atoms with Crippen molar-refractivity contribution >= 4 is 15.9 Å². The highest BCUT2D eigenvalue weighted by Gasteiger charge is 2.16. The van der Waals surface area contributed by atoms with Crippen LogP contribution in [0.1, 0.15) is 39.2 Å². The molecule has 0 bridgehead atoms. The van der Waals surface area contributed by atoms with Crippen molar-refractivity contribution in [2.75, 3.05) is 6.54 Å². The van der Waals surface area contributed by atoms with Crippen LogP contribution in [0.2, 0.25) is 0 Å². The molecular formula is C15H23BrFN. The molecular weight excluding hydrogens is 293 g/mol. The zero-order valence-electron chi connectivity index (χ0n) is 11.5. The van der Waals surface area contributed by atoms with E-state index in [-0.39, 0.29) is 5.82 Å². The fraction of sp³-hybridized carbons (Fsp3) is 0.600. The Kier molecular flexibility index (Phi) is 6.87. The van der Waals surface area contributed by atoms with Gasteiger partial charge < -0.3 is 5.32 Å². The fourth-order valence-corrected chi connectivity index (χ4v) is 2.77. The van der Waals surface area contributed by atoms with Crippen LogP contribution in [0.5, 0.6) is 0 Å². The average molecular weight is 316 g/mol. The lowest BCUT2D eigenvalue weighted by atomic mass is 9.92. The minimum Gasteiger partial charge on any atom is -0.314 e. The van der Waals surface area contributed by atoms with Gasteiger partial charge >= 0.3 is 0 Å². The maximum absolute atomic E-state index is 13.0. The molecule has 0 aliphatic heterocycles. The second kappa shape index (κ2) is 7.90. The predicted molar refractivity (Wildman–Crippen MR) is 79.3 cm³/mol. The monoisotopic (exact) mass is 315 g/mol. The zero-order valence-corrected chi connectivity index (χ0v) is 13.1. The van der Waals surface area contributed by atoms with Crippen LogP contribution in [0.15, 0.2) is 22.7 Å². The Bertz CT molecular complexity index is 368. The normalized spacial score (nSPS) is 14.5. The van der Waals surface area contributed by atoms with Crippen LogP contribution >= 0.6 is 15.9 Å². The Morgan fingerprint density at radius 3 is 2.61 bits per heavy atom. The third kappa shape index (κ3) is 4.69. The van der Waals surface area contributed by atoms with Gasteiger partial charge in [-0.25, -0.2) is 4.39 Å². The third-order valence-electron chi connectivity index (χ3n) is 3.34. The molecule has 0 amide bonds. The molecule has 0 saturated heterocycles. The molecule has 102 valence electrons. The van der Waals surface area contributed by atoms with E-state index in [0.717, 1.165) is 30.3 Å². The Morgan fingerprint density at radius 1 is 1.33 bits per heavy atom. The van der Waals surface area contributed by atoms with Gasteiger partial charge in [0.1, 0.15) is 5.82 Å². The third-order valence-corrected chi connectivity index (χ3v) is 4.08. The summed E-state index contributed by atoms with van der Waals surface area (Å²) < 4.78 is 13.9. The van der Waals surface area contributed by atoms with Crippen molar-refractivity contribution in [3.05, 3.63) is 34.1 Å². The first-order chi connectivity index (χ1) is 8.58. The molecule has 1 nitrogen and oxygen atoms in total. The van der Waals surface area contributed by atoms with Gasteiger partial charge in [0.15, 0.2) is 0 Å². The quantitative estimate of drug-likeness (QED) is 0.778. The lowest BCUT2D eigenvalue weighted by Gasteiger charge is -2.24. The van der Waals surface area contributed by atoms with Crippen molar-refractivity contribution in [2.45, 2.75) is 46.1 Å². The molecule has 0 heterocycles. The van der Waals surface area contributed by atoms with E-state index in [1.54, 1.807) is 6.07 Å². The number of nitrogens with one attached hydrogen (secondary N) is 1. The van der Waals surface area contributed by atoms with Crippen LogP contribution in [-0.2, 0) is 6.42 Å². The zero-order chi connectivity index (χ0) is 13.5. The van der Waals surface area contributed by atoms with Gasteiger partial charge in [0.2, 0.25) is 0 Å². The Morgan fingerprint density at radius 2 is 2.06 bits per heavy atom. The molecule has 2 unspecified atom stereocenters. The van der Waals surface area contributed by atoms with E-state index in [4.69, 9.17) is 0 Å². The Hall–Kier alpha value is -0.410. The SMILES string of the molecule is CCCNC(CC)C(C)Cc1ccc(F)cc1Br. The molecule has 0 saturated carbocycles. The second-order valence-electron chi connectivity index (χ2n) is 4.89. The summed E-state index contributed by atoms with van der Waals surface area (Å²) in [5.41, 5.74) is 1.18. The van der Waals surface area contributed by atoms with Crippen LogP contribution < -0.4 is 5.32 Å². The van der Waals surface area contributed by atoms with E-state index in [0.29, 0.717) is 12.0 Å². The fourth-order valence-electron chi connectivity index (χ4n) is 2.25. The van der Waals surface area contributed by atoms with Crippen LogP contribution in [0.3, 0.4) is 0 Å². The van der Waals surface area contributed by atoms with E-state index < -0.39 is 0 Å². The number of benzene rings is 1. The van der Waals surface area contributed by atoms with E-state index in [1.807, 2.05) is 6.07 Å². The molecule has 0 aliphatic rings. The largest absolute Gasteiger partial charge is 0.314 e. The number of rotatable bonds is 7. The van der Waals surface area contributed by atoms with Gasteiger partial charge in [-0.1, -0.05) is 42.8 Å². The summed E-state index contributed by atoms with van der Waals surface area (Å²) in [5.74, 6) is 0.359. The molecule has 1 aromatic carbocycles. The molecule has 18 heavy (non-hydrogen) atoms. The summed E-state index contributed by atoms with van der Waals surface area (Å²) in [6, 6.07) is 5.49. The number of hydrogen-bond donors (Lipinski definition) is 1. The molecule has 0 aromatic heterocycles. The minimum atomic E-state index is -0.186. The second-order valence-corrected chi connectivity index (χ2v) is 5.74. The van der Waals surface area contributed by atoms with E-state index in [2.05, 4.69) is 42.0 Å². The molecule has 1 N–H and O–H groups in total. The van der Waals surface area contributed by atoms with Crippen molar-refractivity contribution in [1.82, 2.24) is 5.32 Å². The van der Waals surface area contributed by atoms with Gasteiger partial charge in [-0.3, -0.25) is 0 Å². The van der Waals surface area contributed by atoms with Crippen LogP contribution in [0.4, 0.5) is 4.39 Å². The first kappa shape index (κ1) is 15.6. The van der Waals surface area contributed by atoms with E-state index in [1.165, 1.54) is 11.6 Å². The summed E-state index contributed by atoms with van der Waals surface area (Å²) in [5, 5.41) is 3.58. The van der Waals surface area contributed by atoms with Gasteiger partial charge in [-0.15, -0.1) is 0 Å². The molecule has 0 aliphatic carbocycles. The summed E-state index contributed by atoms with van der Waals surface area (Å²) in [6.07, 6.45) is 3.25. The Balaban J connectivity index is 2.64. The summed E-state index contributed by atoms with van der Waals surface area (Å²) in [4.78, 5) is 0. The highest BCUT2D eigenvalue weighted by molar-refractivity contribution is 9.10. The van der Waals surface area contributed by atoms with E-state index >= 15 is 0 Å². The van der Waals surface area contributed by atoms with Gasteiger partial charge in [-0.2, -0.15) is 0 Å². The molecule has 0 fully saturated rings. The van der Waals surface area contributed by atoms with Crippen LogP contribution in [0, 0.1) is 11.7 Å². The number of halogens is 2. The Labute approximate surface area is 118 Å². The van der Waals surface area contributed by atoms with Gasteiger partial charge in [0.25, 0.3) is 0 Å². The van der Waals surface area contributed by atoms with Crippen molar-refractivity contribution in [1.29, 1.82) is 0 Å². The highest BCUT2D eigenvalue weighted by atomic mass is 79.9. The molecule has 1 rings (SSSR count). The molecule has 1 aromatic rings. The highest BCUT2D eigenvalue weighted by Crippen LogP contribution is 2.23. The summed E-state index contributed by atoms with van der Waals surface area (Å²) in [7, 11) is 0. The first-order valence-electron chi connectivity index (χ1n) is 6.75. The van der Waals surface area contributed by atoms with Crippen molar-refractivity contribution in [3.63, 3.8) is 0 Å². The lowest BCUT2D eigenvalue weighted by molar-refractivity contribution is 0.364.